The molecule has 0 spiro atoms. The summed E-state index contributed by atoms with van der Waals surface area (Å²) in [4.78, 5) is 25.4. The lowest BCUT2D eigenvalue weighted by Crippen LogP contribution is -2.34. The number of carbonyl (C=O) groups excluding carboxylic acids is 1. The molecule has 34 heavy (non-hydrogen) atoms. The largest absolute Gasteiger partial charge is 0.307 e. The molecule has 6 heteroatoms. The SMILES string of the molecule is C=CN=C(NC(=O)C1=C[CH]1)/C(=C(\C)C(=NC)c1cccnc1C)C(C)C.CC1(CC#N)CCC1.[HH]. The van der Waals surface area contributed by atoms with Crippen LogP contribution in [0.3, 0.4) is 0 Å². The van der Waals surface area contributed by atoms with E-state index in [4.69, 9.17) is 5.26 Å². The number of nitriles is 1. The minimum atomic E-state index is -0.163. The van der Waals surface area contributed by atoms with E-state index in [1.165, 1.54) is 25.5 Å². The predicted octanol–water partition coefficient (Wildman–Crippen LogP) is 5.92. The van der Waals surface area contributed by atoms with E-state index in [0.717, 1.165) is 34.5 Å². The number of allylic oxidation sites excluding steroid dienone is 2. The number of amidine groups is 1. The zero-order valence-electron chi connectivity index (χ0n) is 21.3. The third kappa shape index (κ3) is 7.08. The Morgan fingerprint density at radius 1 is 1.44 bits per heavy atom. The third-order valence-corrected chi connectivity index (χ3v) is 6.19. The Hall–Kier alpha value is -3.33. The van der Waals surface area contributed by atoms with Crippen molar-refractivity contribution in [1.29, 1.82) is 5.26 Å². The summed E-state index contributed by atoms with van der Waals surface area (Å²) in [7, 11) is 1.76. The maximum atomic E-state index is 12.2. The summed E-state index contributed by atoms with van der Waals surface area (Å²) in [6.45, 7) is 14.0. The lowest BCUT2D eigenvalue weighted by atomic mass is 9.69. The number of aromatic nitrogens is 1. The van der Waals surface area contributed by atoms with Crippen molar-refractivity contribution in [3.8, 4) is 6.07 Å². The molecule has 1 aromatic rings. The molecule has 1 heterocycles. The van der Waals surface area contributed by atoms with Crippen molar-refractivity contribution in [3.05, 3.63) is 71.6 Å². The van der Waals surface area contributed by atoms with Gasteiger partial charge in [-0.25, -0.2) is 4.99 Å². The first-order valence-corrected chi connectivity index (χ1v) is 11.7. The van der Waals surface area contributed by atoms with Gasteiger partial charge in [0.1, 0.15) is 5.84 Å². The van der Waals surface area contributed by atoms with Gasteiger partial charge in [0.25, 0.3) is 5.91 Å². The normalized spacial score (nSPS) is 17.3. The van der Waals surface area contributed by atoms with Crippen molar-refractivity contribution in [3.63, 3.8) is 0 Å². The quantitative estimate of drug-likeness (QED) is 0.404. The number of hydrogen-bond donors (Lipinski definition) is 1. The molecule has 2 aliphatic carbocycles. The van der Waals surface area contributed by atoms with Crippen molar-refractivity contribution in [1.82, 2.24) is 10.3 Å². The second-order valence-electron chi connectivity index (χ2n) is 9.30. The van der Waals surface area contributed by atoms with Crippen molar-refractivity contribution in [2.75, 3.05) is 7.05 Å². The monoisotopic (exact) mass is 460 g/mol. The van der Waals surface area contributed by atoms with Gasteiger partial charge < -0.3 is 5.32 Å². The molecular formula is C28H38N5O. The molecule has 1 saturated carbocycles. The van der Waals surface area contributed by atoms with E-state index in [-0.39, 0.29) is 13.3 Å². The van der Waals surface area contributed by atoms with Crippen LogP contribution in [0.25, 0.3) is 0 Å². The summed E-state index contributed by atoms with van der Waals surface area (Å²) in [5, 5.41) is 11.2. The molecule has 1 amide bonds. The standard InChI is InChI=1S/C21H25N4O.C7H11N.H2/c1-7-23-20(25-21(26)16-10-11-16)18(13(2)3)14(4)19(22-6)17-9-8-12-24-15(17)5;1-7(5-6-8)3-2-4-7;/h7-13H,1H2,2-6H3,(H,23,25,26);2-5H2,1H3;1H/b18-14+,22-19?;;. The Kier molecular flexibility index (Phi) is 9.68. The fraction of sp³-hybridized carbons (Fsp3) is 0.429. The number of amides is 1. The van der Waals surface area contributed by atoms with Gasteiger partial charge in [-0.05, 0) is 55.7 Å². The van der Waals surface area contributed by atoms with Crippen molar-refractivity contribution in [2.45, 2.75) is 60.3 Å². The Morgan fingerprint density at radius 2 is 2.12 bits per heavy atom. The molecule has 0 aliphatic heterocycles. The molecule has 6 nitrogen and oxygen atoms in total. The third-order valence-electron chi connectivity index (χ3n) is 6.19. The van der Waals surface area contributed by atoms with Gasteiger partial charge in [-0.3, -0.25) is 14.8 Å². The highest BCUT2D eigenvalue weighted by Gasteiger charge is 2.31. The number of hydrogen-bond acceptors (Lipinski definition) is 5. The predicted molar refractivity (Wildman–Crippen MR) is 141 cm³/mol. The number of nitrogens with one attached hydrogen (secondary N) is 1. The van der Waals surface area contributed by atoms with Crippen LogP contribution in [0.5, 0.6) is 0 Å². The van der Waals surface area contributed by atoms with Crippen LogP contribution in [0.4, 0.5) is 0 Å². The molecule has 0 bridgehead atoms. The first kappa shape index (κ1) is 26.9. The highest BCUT2D eigenvalue weighted by Crippen LogP contribution is 2.42. The Labute approximate surface area is 205 Å². The molecule has 0 aromatic carbocycles. The maximum absolute atomic E-state index is 12.2. The highest BCUT2D eigenvalue weighted by atomic mass is 16.1. The minimum absolute atomic E-state index is 0. The summed E-state index contributed by atoms with van der Waals surface area (Å²) in [5.74, 6) is 0.463. The van der Waals surface area contributed by atoms with Gasteiger partial charge in [0.2, 0.25) is 0 Å². The maximum Gasteiger partial charge on any atom is 0.253 e. The van der Waals surface area contributed by atoms with E-state index in [1.54, 1.807) is 25.7 Å². The van der Waals surface area contributed by atoms with Crippen molar-refractivity contribution < 1.29 is 6.22 Å². The number of rotatable bonds is 7. The summed E-state index contributed by atoms with van der Waals surface area (Å²) in [6, 6.07) is 6.10. The number of nitrogens with zero attached hydrogens (tertiary/aromatic N) is 4. The number of aryl methyl sites for hydroxylation is 1. The molecule has 181 valence electrons. The first-order valence-electron chi connectivity index (χ1n) is 11.7. The second-order valence-corrected chi connectivity index (χ2v) is 9.30. The van der Waals surface area contributed by atoms with Gasteiger partial charge in [0.15, 0.2) is 0 Å². The Balaban J connectivity index is 0.000000577. The molecule has 3 rings (SSSR count). The van der Waals surface area contributed by atoms with Crippen molar-refractivity contribution in [2.24, 2.45) is 21.3 Å². The molecule has 2 aliphatic rings. The van der Waals surface area contributed by atoms with Gasteiger partial charge in [0, 0.05) is 56.1 Å². The van der Waals surface area contributed by atoms with E-state index in [9.17, 15) is 4.79 Å². The smallest absolute Gasteiger partial charge is 0.253 e. The van der Waals surface area contributed by atoms with Crippen molar-refractivity contribution >= 4 is 17.5 Å². The van der Waals surface area contributed by atoms with E-state index in [0.29, 0.717) is 16.8 Å². The summed E-state index contributed by atoms with van der Waals surface area (Å²) < 4.78 is 0. The van der Waals surface area contributed by atoms with Gasteiger partial charge in [-0.1, -0.05) is 39.8 Å². The van der Waals surface area contributed by atoms with Crippen LogP contribution in [-0.4, -0.2) is 29.5 Å². The average molecular weight is 461 g/mol. The fourth-order valence-corrected chi connectivity index (χ4v) is 4.02. The number of pyridine rings is 1. The lowest BCUT2D eigenvalue weighted by Gasteiger charge is -2.35. The molecule has 0 saturated heterocycles. The number of aliphatic imine (C=N–C) groups is 2. The van der Waals surface area contributed by atoms with Gasteiger partial charge >= 0.3 is 0 Å². The van der Waals surface area contributed by atoms with E-state index in [2.05, 4.69) is 53.7 Å². The Bertz CT molecular complexity index is 1080. The van der Waals surface area contributed by atoms with Crippen LogP contribution in [0.2, 0.25) is 0 Å². The molecule has 1 aromatic heterocycles. The van der Waals surface area contributed by atoms with Crippen LogP contribution < -0.4 is 5.32 Å². The zero-order chi connectivity index (χ0) is 25.3. The van der Waals surface area contributed by atoms with Gasteiger partial charge in [-0.15, -0.1) is 0 Å². The molecule has 1 N–H and O–H groups in total. The van der Waals surface area contributed by atoms with Gasteiger partial charge in [0.05, 0.1) is 11.8 Å². The van der Waals surface area contributed by atoms with E-state index in [1.807, 2.05) is 26.0 Å². The lowest BCUT2D eigenvalue weighted by molar-refractivity contribution is -0.115. The number of carbonyl (C=O) groups is 1. The minimum Gasteiger partial charge on any atom is -0.307 e. The summed E-state index contributed by atoms with van der Waals surface area (Å²) in [5.41, 5.74) is 5.65. The van der Waals surface area contributed by atoms with Crippen LogP contribution >= 0.6 is 0 Å². The van der Waals surface area contributed by atoms with E-state index < -0.39 is 0 Å². The van der Waals surface area contributed by atoms with Crippen LogP contribution in [0, 0.1) is 36.0 Å². The van der Waals surface area contributed by atoms with Crippen LogP contribution in [0.1, 0.15) is 66.1 Å². The molecular weight excluding hydrogens is 422 g/mol. The average Bonchev–Trinajstić information content (AvgIpc) is 3.61. The van der Waals surface area contributed by atoms with Gasteiger partial charge in [-0.2, -0.15) is 5.26 Å². The topological polar surface area (TPSA) is 90.5 Å². The van der Waals surface area contributed by atoms with E-state index >= 15 is 0 Å². The highest BCUT2D eigenvalue weighted by molar-refractivity contribution is 6.21. The Morgan fingerprint density at radius 3 is 2.53 bits per heavy atom. The van der Waals surface area contributed by atoms with Crippen LogP contribution in [0.15, 0.2) is 63.9 Å². The zero-order valence-corrected chi connectivity index (χ0v) is 21.3. The first-order chi connectivity index (χ1) is 16.2. The molecule has 0 unspecified atom stereocenters. The molecule has 1 fully saturated rings. The summed E-state index contributed by atoms with van der Waals surface area (Å²) >= 11 is 0. The van der Waals surface area contributed by atoms with Crippen LogP contribution in [-0.2, 0) is 4.79 Å². The second kappa shape index (κ2) is 12.2. The molecule has 0 atom stereocenters. The molecule has 1 radical (unpaired) electrons. The fourth-order valence-electron chi connectivity index (χ4n) is 4.02. The summed E-state index contributed by atoms with van der Waals surface area (Å²) in [6.07, 6.45) is 11.4.